The molecule has 1 saturated heterocycles. The van der Waals surface area contributed by atoms with Crippen LogP contribution in [0.5, 0.6) is 0 Å². The summed E-state index contributed by atoms with van der Waals surface area (Å²) < 4.78 is 0. The minimum Gasteiger partial charge on any atom is -0.368 e. The first-order chi connectivity index (χ1) is 13.0. The Kier molecular flexibility index (Phi) is 5.96. The third-order valence-electron chi connectivity index (χ3n) is 4.73. The van der Waals surface area contributed by atoms with Crippen LogP contribution in [0.25, 0.3) is 0 Å². The molecule has 6 nitrogen and oxygen atoms in total. The number of carbonyl (C=O) groups excluding carboxylic acids is 2. The Labute approximate surface area is 160 Å². The fourth-order valence-corrected chi connectivity index (χ4v) is 3.15. The fourth-order valence-electron chi connectivity index (χ4n) is 3.15. The Morgan fingerprint density at radius 3 is 1.96 bits per heavy atom. The monoisotopic (exact) mass is 366 g/mol. The standard InChI is InChI=1S/C21H26N4O2/c1-3-17-4-6-19(7-5-17)23-21(27)25-14-12-24(13-15-25)20-10-8-18(9-11-20)22-16(2)26/h4-11H,3,12-15H2,1-2H3,(H,22,26)(H,23,27). The van der Waals surface area contributed by atoms with Gasteiger partial charge in [-0.1, -0.05) is 19.1 Å². The summed E-state index contributed by atoms with van der Waals surface area (Å²) in [4.78, 5) is 27.7. The van der Waals surface area contributed by atoms with E-state index in [1.807, 2.05) is 53.4 Å². The number of anilines is 3. The van der Waals surface area contributed by atoms with Gasteiger partial charge in [-0.05, 0) is 48.4 Å². The second kappa shape index (κ2) is 8.58. The third-order valence-corrected chi connectivity index (χ3v) is 4.73. The van der Waals surface area contributed by atoms with Crippen molar-refractivity contribution in [3.8, 4) is 0 Å². The van der Waals surface area contributed by atoms with Gasteiger partial charge < -0.3 is 20.4 Å². The van der Waals surface area contributed by atoms with Gasteiger partial charge in [0.1, 0.15) is 0 Å². The van der Waals surface area contributed by atoms with Crippen LogP contribution in [-0.2, 0) is 11.2 Å². The zero-order chi connectivity index (χ0) is 19.2. The van der Waals surface area contributed by atoms with E-state index in [0.717, 1.165) is 36.6 Å². The van der Waals surface area contributed by atoms with Gasteiger partial charge in [-0.3, -0.25) is 4.79 Å². The van der Waals surface area contributed by atoms with E-state index in [4.69, 9.17) is 0 Å². The van der Waals surface area contributed by atoms with Gasteiger partial charge in [0.15, 0.2) is 0 Å². The molecule has 2 N–H and O–H groups in total. The SMILES string of the molecule is CCc1ccc(NC(=O)N2CCN(c3ccc(NC(C)=O)cc3)CC2)cc1. The van der Waals surface area contributed by atoms with Crippen molar-refractivity contribution in [2.75, 3.05) is 41.7 Å². The van der Waals surface area contributed by atoms with E-state index in [1.165, 1.54) is 12.5 Å². The van der Waals surface area contributed by atoms with Gasteiger partial charge in [0.25, 0.3) is 0 Å². The fraction of sp³-hybridized carbons (Fsp3) is 0.333. The zero-order valence-corrected chi connectivity index (χ0v) is 15.9. The van der Waals surface area contributed by atoms with Gasteiger partial charge in [0.05, 0.1) is 0 Å². The van der Waals surface area contributed by atoms with Gasteiger partial charge in [0.2, 0.25) is 5.91 Å². The van der Waals surface area contributed by atoms with E-state index in [2.05, 4.69) is 22.5 Å². The number of hydrogen-bond acceptors (Lipinski definition) is 3. The van der Waals surface area contributed by atoms with Crippen LogP contribution in [0.15, 0.2) is 48.5 Å². The largest absolute Gasteiger partial charge is 0.368 e. The first-order valence-electron chi connectivity index (χ1n) is 9.32. The lowest BCUT2D eigenvalue weighted by molar-refractivity contribution is -0.114. The Hall–Kier alpha value is -3.02. The molecule has 0 unspecified atom stereocenters. The summed E-state index contributed by atoms with van der Waals surface area (Å²) in [6, 6.07) is 15.7. The number of carbonyl (C=O) groups is 2. The molecule has 0 aliphatic carbocycles. The number of nitrogens with one attached hydrogen (secondary N) is 2. The maximum Gasteiger partial charge on any atom is 0.321 e. The molecule has 1 aliphatic rings. The molecular weight excluding hydrogens is 340 g/mol. The molecule has 0 atom stereocenters. The van der Waals surface area contributed by atoms with Gasteiger partial charge in [0, 0.05) is 50.2 Å². The van der Waals surface area contributed by atoms with E-state index in [-0.39, 0.29) is 11.9 Å². The highest BCUT2D eigenvalue weighted by molar-refractivity contribution is 5.90. The number of amides is 3. The molecule has 1 fully saturated rings. The van der Waals surface area contributed by atoms with E-state index < -0.39 is 0 Å². The van der Waals surface area contributed by atoms with Crippen molar-refractivity contribution < 1.29 is 9.59 Å². The second-order valence-electron chi connectivity index (χ2n) is 6.68. The molecule has 0 spiro atoms. The molecule has 2 aromatic rings. The van der Waals surface area contributed by atoms with Crippen LogP contribution in [0.3, 0.4) is 0 Å². The van der Waals surface area contributed by atoms with Gasteiger partial charge in [-0.25, -0.2) is 4.79 Å². The van der Waals surface area contributed by atoms with Crippen LogP contribution >= 0.6 is 0 Å². The van der Waals surface area contributed by atoms with Crippen molar-refractivity contribution in [3.05, 3.63) is 54.1 Å². The van der Waals surface area contributed by atoms with Crippen molar-refractivity contribution >= 4 is 29.0 Å². The Morgan fingerprint density at radius 1 is 0.852 bits per heavy atom. The van der Waals surface area contributed by atoms with Gasteiger partial charge in [-0.15, -0.1) is 0 Å². The number of piperazine rings is 1. The molecule has 3 rings (SSSR count). The molecule has 0 saturated carbocycles. The Morgan fingerprint density at radius 2 is 1.41 bits per heavy atom. The minimum absolute atomic E-state index is 0.0556. The lowest BCUT2D eigenvalue weighted by atomic mass is 10.1. The van der Waals surface area contributed by atoms with Crippen molar-refractivity contribution in [2.24, 2.45) is 0 Å². The van der Waals surface area contributed by atoms with E-state index in [9.17, 15) is 9.59 Å². The van der Waals surface area contributed by atoms with Gasteiger partial charge in [-0.2, -0.15) is 0 Å². The molecule has 1 aliphatic heterocycles. The maximum absolute atomic E-state index is 12.5. The summed E-state index contributed by atoms with van der Waals surface area (Å²) >= 11 is 0. The number of nitrogens with zero attached hydrogens (tertiary/aromatic N) is 2. The Bertz CT molecular complexity index is 779. The van der Waals surface area contributed by atoms with Crippen LogP contribution in [0, 0.1) is 0 Å². The molecule has 6 heteroatoms. The lowest BCUT2D eigenvalue weighted by Gasteiger charge is -2.36. The summed E-state index contributed by atoms with van der Waals surface area (Å²) in [5.74, 6) is -0.0771. The first-order valence-corrected chi connectivity index (χ1v) is 9.32. The average molecular weight is 366 g/mol. The molecule has 0 aromatic heterocycles. The number of urea groups is 1. The van der Waals surface area contributed by atoms with E-state index >= 15 is 0 Å². The van der Waals surface area contributed by atoms with Crippen LogP contribution in [0.2, 0.25) is 0 Å². The highest BCUT2D eigenvalue weighted by Crippen LogP contribution is 2.20. The first kappa shape index (κ1) is 18.8. The van der Waals surface area contributed by atoms with Crippen molar-refractivity contribution in [1.82, 2.24) is 4.90 Å². The molecule has 1 heterocycles. The zero-order valence-electron chi connectivity index (χ0n) is 15.9. The van der Waals surface area contributed by atoms with Crippen LogP contribution < -0.4 is 15.5 Å². The number of rotatable bonds is 4. The predicted octanol–water partition coefficient (Wildman–Crippen LogP) is 3.56. The molecule has 142 valence electrons. The van der Waals surface area contributed by atoms with E-state index in [0.29, 0.717) is 13.1 Å². The predicted molar refractivity (Wildman–Crippen MR) is 109 cm³/mol. The topological polar surface area (TPSA) is 64.7 Å². The molecule has 27 heavy (non-hydrogen) atoms. The molecule has 3 amide bonds. The van der Waals surface area contributed by atoms with Crippen LogP contribution in [-0.4, -0.2) is 43.0 Å². The summed E-state index contributed by atoms with van der Waals surface area (Å²) in [6.45, 7) is 6.51. The average Bonchev–Trinajstić information content (AvgIpc) is 2.69. The number of aryl methyl sites for hydroxylation is 1. The highest BCUT2D eigenvalue weighted by atomic mass is 16.2. The lowest BCUT2D eigenvalue weighted by Crippen LogP contribution is -2.50. The highest BCUT2D eigenvalue weighted by Gasteiger charge is 2.21. The van der Waals surface area contributed by atoms with Crippen molar-refractivity contribution in [2.45, 2.75) is 20.3 Å². The van der Waals surface area contributed by atoms with Crippen molar-refractivity contribution in [3.63, 3.8) is 0 Å². The third kappa shape index (κ3) is 5.00. The van der Waals surface area contributed by atoms with Crippen molar-refractivity contribution in [1.29, 1.82) is 0 Å². The number of hydrogen-bond donors (Lipinski definition) is 2. The Balaban J connectivity index is 1.51. The van der Waals surface area contributed by atoms with E-state index in [1.54, 1.807) is 0 Å². The number of benzene rings is 2. The molecular formula is C21H26N4O2. The van der Waals surface area contributed by atoms with Crippen LogP contribution in [0.4, 0.5) is 21.9 Å². The van der Waals surface area contributed by atoms with Gasteiger partial charge >= 0.3 is 6.03 Å². The maximum atomic E-state index is 12.5. The normalized spacial score (nSPS) is 14.0. The molecule has 0 bridgehead atoms. The smallest absolute Gasteiger partial charge is 0.321 e. The quantitative estimate of drug-likeness (QED) is 0.870. The second-order valence-corrected chi connectivity index (χ2v) is 6.68. The molecule has 0 radical (unpaired) electrons. The minimum atomic E-state index is -0.0771. The summed E-state index contributed by atoms with van der Waals surface area (Å²) in [7, 11) is 0. The summed E-state index contributed by atoms with van der Waals surface area (Å²) in [5, 5.41) is 5.74. The van der Waals surface area contributed by atoms with Crippen LogP contribution in [0.1, 0.15) is 19.4 Å². The summed E-state index contributed by atoms with van der Waals surface area (Å²) in [5.41, 5.74) is 3.97. The summed E-state index contributed by atoms with van der Waals surface area (Å²) in [6.07, 6.45) is 0.988. The molecule has 2 aromatic carbocycles.